The number of aryl methyl sites for hydroxylation is 2. The Hall–Kier alpha value is -2.13. The van der Waals surface area contributed by atoms with E-state index in [9.17, 15) is 0 Å². The second-order valence-electron chi connectivity index (χ2n) is 7.60. The zero-order valence-corrected chi connectivity index (χ0v) is 15.4. The lowest BCUT2D eigenvalue weighted by Crippen LogP contribution is -2.25. The number of rotatable bonds is 4. The first kappa shape index (κ1) is 16.3. The number of hydrogen-bond acceptors (Lipinski definition) is 2. The number of aromatic amines is 1. The minimum absolute atomic E-state index is 0.443. The summed E-state index contributed by atoms with van der Waals surface area (Å²) in [4.78, 5) is 10.7. The van der Waals surface area contributed by atoms with Crippen LogP contribution in [0.5, 0.6) is 0 Å². The van der Waals surface area contributed by atoms with Gasteiger partial charge < -0.3 is 4.98 Å². The molecule has 1 fully saturated rings. The number of hydrogen-bond donors (Lipinski definition) is 1. The third-order valence-electron chi connectivity index (χ3n) is 5.53. The molecule has 0 aliphatic carbocycles. The Bertz CT molecular complexity index is 827. The van der Waals surface area contributed by atoms with Crippen LogP contribution in [0.1, 0.15) is 42.0 Å². The van der Waals surface area contributed by atoms with Crippen LogP contribution in [0.2, 0.25) is 0 Å². The SMILES string of the molecule is Cc1cc(CC2CCN(C(C)c3cc4ccccc4[nH]3)C2)cc(C)n1. The number of nitrogens with zero attached hydrogens (tertiary/aromatic N) is 2. The summed E-state index contributed by atoms with van der Waals surface area (Å²) in [7, 11) is 0. The molecule has 1 aliphatic heterocycles. The minimum atomic E-state index is 0.443. The molecule has 25 heavy (non-hydrogen) atoms. The molecule has 4 rings (SSSR count). The predicted molar refractivity (Wildman–Crippen MR) is 104 cm³/mol. The van der Waals surface area contributed by atoms with Crippen molar-refractivity contribution in [2.75, 3.05) is 13.1 Å². The van der Waals surface area contributed by atoms with Gasteiger partial charge in [0.1, 0.15) is 0 Å². The lowest BCUT2D eigenvalue weighted by atomic mass is 9.98. The predicted octanol–water partition coefficient (Wildman–Crippen LogP) is 4.81. The van der Waals surface area contributed by atoms with Gasteiger partial charge in [0.05, 0.1) is 0 Å². The van der Waals surface area contributed by atoms with Gasteiger partial charge in [-0.15, -0.1) is 0 Å². The molecule has 1 saturated heterocycles. The number of H-pyrrole nitrogens is 1. The normalized spacial score (nSPS) is 19.6. The Kier molecular flexibility index (Phi) is 4.34. The van der Waals surface area contributed by atoms with Gasteiger partial charge in [-0.25, -0.2) is 0 Å². The van der Waals surface area contributed by atoms with Gasteiger partial charge in [0, 0.05) is 35.2 Å². The van der Waals surface area contributed by atoms with E-state index < -0.39 is 0 Å². The van der Waals surface area contributed by atoms with E-state index in [1.165, 1.54) is 48.1 Å². The van der Waals surface area contributed by atoms with E-state index in [1.54, 1.807) is 0 Å². The highest BCUT2D eigenvalue weighted by molar-refractivity contribution is 5.80. The Morgan fingerprint density at radius 1 is 1.16 bits per heavy atom. The Morgan fingerprint density at radius 2 is 1.92 bits per heavy atom. The van der Waals surface area contributed by atoms with Gasteiger partial charge in [-0.3, -0.25) is 9.88 Å². The molecule has 0 bridgehead atoms. The number of benzene rings is 1. The first-order valence-corrected chi connectivity index (χ1v) is 9.34. The zero-order valence-electron chi connectivity index (χ0n) is 15.4. The molecule has 2 aromatic heterocycles. The summed E-state index contributed by atoms with van der Waals surface area (Å²) in [5.74, 6) is 0.744. The second kappa shape index (κ2) is 6.64. The summed E-state index contributed by atoms with van der Waals surface area (Å²) >= 11 is 0. The Labute approximate surface area is 150 Å². The van der Waals surface area contributed by atoms with Gasteiger partial charge in [-0.1, -0.05) is 18.2 Å². The van der Waals surface area contributed by atoms with Crippen LogP contribution in [0, 0.1) is 19.8 Å². The van der Waals surface area contributed by atoms with E-state index in [4.69, 9.17) is 0 Å². The molecule has 0 spiro atoms. The highest BCUT2D eigenvalue weighted by Crippen LogP contribution is 2.30. The summed E-state index contributed by atoms with van der Waals surface area (Å²) in [6, 6.07) is 15.8. The van der Waals surface area contributed by atoms with Crippen LogP contribution < -0.4 is 0 Å². The van der Waals surface area contributed by atoms with Crippen LogP contribution in [0.3, 0.4) is 0 Å². The van der Waals surface area contributed by atoms with Crippen LogP contribution in [0.25, 0.3) is 10.9 Å². The summed E-state index contributed by atoms with van der Waals surface area (Å²) in [6.45, 7) is 8.87. The summed E-state index contributed by atoms with van der Waals surface area (Å²) in [5.41, 5.74) is 6.28. The maximum Gasteiger partial charge on any atom is 0.0470 e. The van der Waals surface area contributed by atoms with Crippen molar-refractivity contribution in [3.63, 3.8) is 0 Å². The van der Waals surface area contributed by atoms with E-state index >= 15 is 0 Å². The molecule has 2 unspecified atom stereocenters. The number of aromatic nitrogens is 2. The fourth-order valence-corrected chi connectivity index (χ4v) is 4.27. The first-order chi connectivity index (χ1) is 12.1. The molecular weight excluding hydrogens is 306 g/mol. The molecule has 3 heterocycles. The molecule has 130 valence electrons. The highest BCUT2D eigenvalue weighted by Gasteiger charge is 2.27. The number of para-hydroxylation sites is 1. The number of pyridine rings is 1. The maximum absolute atomic E-state index is 4.50. The quantitative estimate of drug-likeness (QED) is 0.743. The van der Waals surface area contributed by atoms with Crippen LogP contribution in [-0.4, -0.2) is 28.0 Å². The second-order valence-corrected chi connectivity index (χ2v) is 7.60. The molecule has 2 atom stereocenters. The van der Waals surface area contributed by atoms with Crippen molar-refractivity contribution in [2.45, 2.75) is 39.7 Å². The van der Waals surface area contributed by atoms with Crippen molar-refractivity contribution in [3.8, 4) is 0 Å². The Morgan fingerprint density at radius 3 is 2.68 bits per heavy atom. The van der Waals surface area contributed by atoms with Gasteiger partial charge in [-0.05, 0) is 81.3 Å². The number of likely N-dealkylation sites (tertiary alicyclic amines) is 1. The minimum Gasteiger partial charge on any atom is -0.357 e. The maximum atomic E-state index is 4.50. The monoisotopic (exact) mass is 333 g/mol. The third kappa shape index (κ3) is 3.47. The fraction of sp³-hybridized carbons (Fsp3) is 0.409. The standard InChI is InChI=1S/C22H27N3/c1-15-10-19(11-16(2)23-15)12-18-8-9-25(14-18)17(3)22-13-20-6-4-5-7-21(20)24-22/h4-7,10-11,13,17-18,24H,8-9,12,14H2,1-3H3. The lowest BCUT2D eigenvalue weighted by Gasteiger charge is -2.23. The van der Waals surface area contributed by atoms with Gasteiger partial charge in [0.15, 0.2) is 0 Å². The Balaban J connectivity index is 1.44. The van der Waals surface area contributed by atoms with E-state index in [1.807, 2.05) is 0 Å². The van der Waals surface area contributed by atoms with Crippen molar-refractivity contribution in [3.05, 3.63) is 65.1 Å². The summed E-state index contributed by atoms with van der Waals surface area (Å²) < 4.78 is 0. The van der Waals surface area contributed by atoms with Gasteiger partial charge >= 0.3 is 0 Å². The van der Waals surface area contributed by atoms with Crippen molar-refractivity contribution < 1.29 is 0 Å². The van der Waals surface area contributed by atoms with Crippen molar-refractivity contribution >= 4 is 10.9 Å². The molecule has 1 N–H and O–H groups in total. The molecule has 0 radical (unpaired) electrons. The van der Waals surface area contributed by atoms with Gasteiger partial charge in [0.2, 0.25) is 0 Å². The van der Waals surface area contributed by atoms with Gasteiger partial charge in [0.25, 0.3) is 0 Å². The van der Waals surface area contributed by atoms with E-state index in [0.29, 0.717) is 6.04 Å². The molecular formula is C22H27N3. The van der Waals surface area contributed by atoms with Crippen molar-refractivity contribution in [2.24, 2.45) is 5.92 Å². The van der Waals surface area contributed by atoms with Crippen LogP contribution >= 0.6 is 0 Å². The average Bonchev–Trinajstić information content (AvgIpc) is 3.19. The van der Waals surface area contributed by atoms with E-state index in [-0.39, 0.29) is 0 Å². The molecule has 0 saturated carbocycles. The largest absolute Gasteiger partial charge is 0.357 e. The highest BCUT2D eigenvalue weighted by atomic mass is 15.2. The first-order valence-electron chi connectivity index (χ1n) is 9.34. The smallest absolute Gasteiger partial charge is 0.0470 e. The molecule has 1 aromatic carbocycles. The molecule has 3 heteroatoms. The summed E-state index contributed by atoms with van der Waals surface area (Å²) in [5, 5.41) is 1.31. The molecule has 3 nitrogen and oxygen atoms in total. The van der Waals surface area contributed by atoms with Crippen molar-refractivity contribution in [1.82, 2.24) is 14.9 Å². The van der Waals surface area contributed by atoms with Crippen LogP contribution in [-0.2, 0) is 6.42 Å². The number of nitrogens with one attached hydrogen (secondary N) is 1. The molecule has 0 amide bonds. The molecule has 1 aliphatic rings. The van der Waals surface area contributed by atoms with E-state index in [0.717, 1.165) is 17.3 Å². The van der Waals surface area contributed by atoms with Crippen LogP contribution in [0.4, 0.5) is 0 Å². The topological polar surface area (TPSA) is 31.9 Å². The molecule has 3 aromatic rings. The van der Waals surface area contributed by atoms with Gasteiger partial charge in [-0.2, -0.15) is 0 Å². The third-order valence-corrected chi connectivity index (χ3v) is 5.53. The fourth-order valence-electron chi connectivity index (χ4n) is 4.27. The number of fused-ring (bicyclic) bond motifs is 1. The van der Waals surface area contributed by atoms with Crippen LogP contribution in [0.15, 0.2) is 42.5 Å². The van der Waals surface area contributed by atoms with E-state index in [2.05, 4.69) is 78.1 Å². The van der Waals surface area contributed by atoms with Crippen molar-refractivity contribution in [1.29, 1.82) is 0 Å². The summed E-state index contributed by atoms with van der Waals surface area (Å²) in [6.07, 6.45) is 2.45. The average molecular weight is 333 g/mol. The zero-order chi connectivity index (χ0) is 17.4. The lowest BCUT2D eigenvalue weighted by molar-refractivity contribution is 0.249.